The number of rotatable bonds is 8. The van der Waals surface area contributed by atoms with E-state index >= 15 is 0 Å². The van der Waals surface area contributed by atoms with Crippen molar-refractivity contribution in [3.8, 4) is 5.75 Å². The monoisotopic (exact) mass is 332 g/mol. The van der Waals surface area contributed by atoms with Gasteiger partial charge in [-0.1, -0.05) is 19.1 Å². The molecule has 0 saturated carbocycles. The summed E-state index contributed by atoms with van der Waals surface area (Å²) in [5.41, 5.74) is 7.25. The van der Waals surface area contributed by atoms with Crippen molar-refractivity contribution in [1.82, 2.24) is 10.2 Å². The molecule has 3 N–H and O–H groups in total. The maximum absolute atomic E-state index is 5.98. The SMILES string of the molecule is CCN1CCCC1CN=C(N)NCCc1ccc(OC(C)C)cc1. The van der Waals surface area contributed by atoms with Crippen molar-refractivity contribution in [3.05, 3.63) is 29.8 Å². The first kappa shape index (κ1) is 18.6. The highest BCUT2D eigenvalue weighted by atomic mass is 16.5. The van der Waals surface area contributed by atoms with Crippen LogP contribution in [0.4, 0.5) is 0 Å². The Morgan fingerprint density at radius 3 is 2.79 bits per heavy atom. The van der Waals surface area contributed by atoms with Crippen LogP contribution in [-0.2, 0) is 6.42 Å². The molecule has 0 bridgehead atoms. The molecule has 5 nitrogen and oxygen atoms in total. The van der Waals surface area contributed by atoms with Crippen LogP contribution in [0.1, 0.15) is 39.2 Å². The second kappa shape index (κ2) is 9.52. The van der Waals surface area contributed by atoms with Crippen LogP contribution in [0.3, 0.4) is 0 Å². The minimum Gasteiger partial charge on any atom is -0.491 e. The number of benzene rings is 1. The summed E-state index contributed by atoms with van der Waals surface area (Å²) in [6.07, 6.45) is 3.63. The maximum Gasteiger partial charge on any atom is 0.188 e. The molecule has 1 aliphatic rings. The smallest absolute Gasteiger partial charge is 0.188 e. The minimum absolute atomic E-state index is 0.206. The summed E-state index contributed by atoms with van der Waals surface area (Å²) in [4.78, 5) is 6.99. The third-order valence-electron chi connectivity index (χ3n) is 4.39. The van der Waals surface area contributed by atoms with E-state index < -0.39 is 0 Å². The van der Waals surface area contributed by atoms with E-state index in [4.69, 9.17) is 10.5 Å². The van der Waals surface area contributed by atoms with E-state index in [1.54, 1.807) is 0 Å². The average molecular weight is 332 g/mol. The molecule has 2 rings (SSSR count). The minimum atomic E-state index is 0.206. The van der Waals surface area contributed by atoms with E-state index in [2.05, 4.69) is 34.3 Å². The Morgan fingerprint density at radius 2 is 2.12 bits per heavy atom. The number of nitrogens with one attached hydrogen (secondary N) is 1. The Bertz CT molecular complexity index is 513. The Kier molecular flexibility index (Phi) is 7.37. The van der Waals surface area contributed by atoms with Gasteiger partial charge in [-0.15, -0.1) is 0 Å². The quantitative estimate of drug-likeness (QED) is 0.567. The molecule has 134 valence electrons. The normalized spacial score (nSPS) is 19.0. The molecule has 0 spiro atoms. The topological polar surface area (TPSA) is 62.9 Å². The Morgan fingerprint density at radius 1 is 1.38 bits per heavy atom. The van der Waals surface area contributed by atoms with Crippen molar-refractivity contribution in [3.63, 3.8) is 0 Å². The highest BCUT2D eigenvalue weighted by Crippen LogP contribution is 2.16. The molecule has 1 fully saturated rings. The molecule has 0 radical (unpaired) electrons. The van der Waals surface area contributed by atoms with Crippen LogP contribution in [0.25, 0.3) is 0 Å². The lowest BCUT2D eigenvalue weighted by molar-refractivity contribution is 0.242. The standard InChI is InChI=1S/C19H32N4O/c1-4-23-13-5-6-17(23)14-22-19(20)21-12-11-16-7-9-18(10-8-16)24-15(2)3/h7-10,15,17H,4-6,11-14H2,1-3H3,(H3,20,21,22). The van der Waals surface area contributed by atoms with Gasteiger partial charge < -0.3 is 15.8 Å². The first-order valence-electron chi connectivity index (χ1n) is 9.12. The van der Waals surface area contributed by atoms with Crippen LogP contribution in [0.2, 0.25) is 0 Å². The Balaban J connectivity index is 1.70. The maximum atomic E-state index is 5.98. The van der Waals surface area contributed by atoms with Crippen LogP contribution >= 0.6 is 0 Å². The largest absolute Gasteiger partial charge is 0.491 e. The highest BCUT2D eigenvalue weighted by molar-refractivity contribution is 5.77. The molecular weight excluding hydrogens is 300 g/mol. The number of likely N-dealkylation sites (N-methyl/N-ethyl adjacent to an activating group) is 1. The van der Waals surface area contributed by atoms with Crippen LogP contribution in [0.5, 0.6) is 5.75 Å². The second-order valence-electron chi connectivity index (χ2n) is 6.64. The van der Waals surface area contributed by atoms with Gasteiger partial charge in [0.2, 0.25) is 0 Å². The van der Waals surface area contributed by atoms with Gasteiger partial charge in [-0.25, -0.2) is 0 Å². The molecule has 0 amide bonds. The van der Waals surface area contributed by atoms with Crippen molar-refractivity contribution in [2.75, 3.05) is 26.2 Å². The fourth-order valence-corrected chi connectivity index (χ4v) is 3.12. The number of hydrogen-bond acceptors (Lipinski definition) is 3. The van der Waals surface area contributed by atoms with Gasteiger partial charge in [-0.2, -0.15) is 0 Å². The Labute approximate surface area is 146 Å². The summed E-state index contributed by atoms with van der Waals surface area (Å²) in [5, 5.41) is 3.21. The van der Waals surface area contributed by atoms with E-state index in [0.717, 1.165) is 31.8 Å². The summed E-state index contributed by atoms with van der Waals surface area (Å²) in [6, 6.07) is 8.80. The molecule has 1 atom stereocenters. The predicted octanol–water partition coefficient (Wildman–Crippen LogP) is 2.40. The molecule has 1 aromatic carbocycles. The van der Waals surface area contributed by atoms with Gasteiger partial charge in [-0.3, -0.25) is 9.89 Å². The van der Waals surface area contributed by atoms with Gasteiger partial charge >= 0.3 is 0 Å². The lowest BCUT2D eigenvalue weighted by atomic mass is 10.1. The zero-order valence-electron chi connectivity index (χ0n) is 15.3. The van der Waals surface area contributed by atoms with Crippen molar-refractivity contribution in [2.45, 2.75) is 52.2 Å². The summed E-state index contributed by atoms with van der Waals surface area (Å²) >= 11 is 0. The van der Waals surface area contributed by atoms with Gasteiger partial charge in [0.25, 0.3) is 0 Å². The summed E-state index contributed by atoms with van der Waals surface area (Å²) in [6.45, 7) is 10.2. The first-order chi connectivity index (χ1) is 11.6. The van der Waals surface area contributed by atoms with E-state index in [1.807, 2.05) is 26.0 Å². The van der Waals surface area contributed by atoms with E-state index in [1.165, 1.54) is 24.9 Å². The van der Waals surface area contributed by atoms with Crippen LogP contribution < -0.4 is 15.8 Å². The third kappa shape index (κ3) is 6.04. The molecule has 1 saturated heterocycles. The number of guanidine groups is 1. The molecule has 1 heterocycles. The molecule has 5 heteroatoms. The van der Waals surface area contributed by atoms with Crippen LogP contribution in [0.15, 0.2) is 29.3 Å². The van der Waals surface area contributed by atoms with E-state index in [-0.39, 0.29) is 6.10 Å². The lowest BCUT2D eigenvalue weighted by Crippen LogP contribution is -2.36. The number of likely N-dealkylation sites (tertiary alicyclic amines) is 1. The summed E-state index contributed by atoms with van der Waals surface area (Å²) in [5.74, 6) is 1.47. The lowest BCUT2D eigenvalue weighted by Gasteiger charge is -2.20. The highest BCUT2D eigenvalue weighted by Gasteiger charge is 2.22. The molecular formula is C19H32N4O. The number of aliphatic imine (C=N–C) groups is 1. The van der Waals surface area contributed by atoms with Gasteiger partial charge in [0.05, 0.1) is 12.6 Å². The summed E-state index contributed by atoms with van der Waals surface area (Å²) in [7, 11) is 0. The van der Waals surface area contributed by atoms with Crippen molar-refractivity contribution >= 4 is 5.96 Å². The first-order valence-corrected chi connectivity index (χ1v) is 9.12. The molecule has 0 aromatic heterocycles. The fraction of sp³-hybridized carbons (Fsp3) is 0.632. The molecule has 1 aliphatic heterocycles. The van der Waals surface area contributed by atoms with Crippen LogP contribution in [0, 0.1) is 0 Å². The zero-order valence-corrected chi connectivity index (χ0v) is 15.3. The van der Waals surface area contributed by atoms with Crippen LogP contribution in [-0.4, -0.2) is 49.2 Å². The molecule has 1 aromatic rings. The predicted molar refractivity (Wildman–Crippen MR) is 101 cm³/mol. The summed E-state index contributed by atoms with van der Waals surface area (Å²) < 4.78 is 5.65. The van der Waals surface area contributed by atoms with Crippen molar-refractivity contribution in [1.29, 1.82) is 0 Å². The van der Waals surface area contributed by atoms with Gasteiger partial charge in [0, 0.05) is 12.6 Å². The number of nitrogens with zero attached hydrogens (tertiary/aromatic N) is 2. The zero-order chi connectivity index (χ0) is 17.4. The number of nitrogens with two attached hydrogens (primary N) is 1. The second-order valence-corrected chi connectivity index (χ2v) is 6.64. The molecule has 24 heavy (non-hydrogen) atoms. The van der Waals surface area contributed by atoms with Gasteiger partial charge in [0.1, 0.15) is 5.75 Å². The van der Waals surface area contributed by atoms with E-state index in [0.29, 0.717) is 12.0 Å². The Hall–Kier alpha value is -1.75. The van der Waals surface area contributed by atoms with Crippen molar-refractivity contribution in [2.24, 2.45) is 10.7 Å². The van der Waals surface area contributed by atoms with Gasteiger partial charge in [0.15, 0.2) is 5.96 Å². The third-order valence-corrected chi connectivity index (χ3v) is 4.39. The average Bonchev–Trinajstić information content (AvgIpc) is 3.01. The van der Waals surface area contributed by atoms with Gasteiger partial charge in [-0.05, 0) is 63.9 Å². The van der Waals surface area contributed by atoms with Crippen molar-refractivity contribution < 1.29 is 4.74 Å². The van der Waals surface area contributed by atoms with E-state index in [9.17, 15) is 0 Å². The molecule has 0 aliphatic carbocycles. The number of hydrogen-bond donors (Lipinski definition) is 2. The fourth-order valence-electron chi connectivity index (χ4n) is 3.12. The molecule has 1 unspecified atom stereocenters. The number of ether oxygens (including phenoxy) is 1.